The van der Waals surface area contributed by atoms with Gasteiger partial charge in [-0.2, -0.15) is 0 Å². The highest BCUT2D eigenvalue weighted by Crippen LogP contribution is 2.43. The van der Waals surface area contributed by atoms with Gasteiger partial charge in [-0.1, -0.05) is 36.8 Å². The summed E-state index contributed by atoms with van der Waals surface area (Å²) in [6.07, 6.45) is 8.13. The highest BCUT2D eigenvalue weighted by molar-refractivity contribution is 5.87. The third-order valence-corrected chi connectivity index (χ3v) is 7.15. The maximum absolute atomic E-state index is 12.1. The molecule has 0 saturated carbocycles. The fourth-order valence-electron chi connectivity index (χ4n) is 4.86. The molecule has 3 saturated heterocycles. The molecule has 3 fully saturated rings. The molecule has 202 valence electrons. The quantitative estimate of drug-likeness (QED) is 0.0766. The largest absolute Gasteiger partial charge is 0.389 e. The lowest BCUT2D eigenvalue weighted by Crippen LogP contribution is -2.51. The molecule has 36 heavy (non-hydrogen) atoms. The van der Waals surface area contributed by atoms with Crippen LogP contribution in [0.15, 0.2) is 36.0 Å². The first-order chi connectivity index (χ1) is 17.0. The summed E-state index contributed by atoms with van der Waals surface area (Å²) in [5, 5.41) is 23.0. The summed E-state index contributed by atoms with van der Waals surface area (Å²) in [4.78, 5) is 23.8. The van der Waals surface area contributed by atoms with E-state index in [1.807, 2.05) is 26.0 Å². The zero-order valence-electron chi connectivity index (χ0n) is 21.6. The van der Waals surface area contributed by atoms with E-state index in [4.69, 9.17) is 20.1 Å². The van der Waals surface area contributed by atoms with Crippen LogP contribution in [0.5, 0.6) is 0 Å². The maximum Gasteiger partial charge on any atom is 0.244 e. The Morgan fingerprint density at radius 3 is 2.61 bits per heavy atom. The number of epoxide rings is 1. The molecule has 0 aliphatic carbocycles. The summed E-state index contributed by atoms with van der Waals surface area (Å²) in [6.45, 7) is 8.08. The fourth-order valence-corrected chi connectivity index (χ4v) is 4.86. The first-order valence-electron chi connectivity index (χ1n) is 12.7. The van der Waals surface area contributed by atoms with Gasteiger partial charge in [0.15, 0.2) is 0 Å². The van der Waals surface area contributed by atoms with Crippen LogP contribution in [0.1, 0.15) is 53.4 Å². The number of hydrogen-bond acceptors (Lipinski definition) is 8. The van der Waals surface area contributed by atoms with E-state index in [9.17, 15) is 19.8 Å². The third kappa shape index (κ3) is 7.71. The highest BCUT2D eigenvalue weighted by Gasteiger charge is 2.58. The number of hydrogen-bond donors (Lipinski definition) is 5. The van der Waals surface area contributed by atoms with E-state index in [1.165, 1.54) is 12.2 Å². The van der Waals surface area contributed by atoms with E-state index in [0.29, 0.717) is 19.4 Å². The van der Waals surface area contributed by atoms with Crippen molar-refractivity contribution in [2.75, 3.05) is 6.61 Å². The van der Waals surface area contributed by atoms with Gasteiger partial charge in [0.2, 0.25) is 11.8 Å². The minimum atomic E-state index is -0.802. The molecule has 3 rings (SSSR count). The molecule has 1 spiro atoms. The van der Waals surface area contributed by atoms with Crippen LogP contribution in [0, 0.1) is 5.92 Å². The van der Waals surface area contributed by atoms with Crippen LogP contribution in [0.25, 0.3) is 0 Å². The minimum Gasteiger partial charge on any atom is -0.389 e. The number of nitrogens with two attached hydrogens (primary N) is 1. The van der Waals surface area contributed by atoms with Gasteiger partial charge in [0, 0.05) is 12.5 Å². The summed E-state index contributed by atoms with van der Waals surface area (Å²) in [7, 11) is 0. The Morgan fingerprint density at radius 1 is 1.25 bits per heavy atom. The average Bonchev–Trinajstić information content (AvgIpc) is 3.60. The van der Waals surface area contributed by atoms with Crippen LogP contribution in [-0.4, -0.2) is 76.9 Å². The number of allylic oxidation sites excluding steroid dienone is 2. The first kappa shape index (κ1) is 28.5. The molecule has 2 amide bonds. The molecule has 3 aliphatic rings. The Bertz CT molecular complexity index is 868. The number of aliphatic hydroxyl groups excluding tert-OH is 2. The van der Waals surface area contributed by atoms with E-state index < -0.39 is 23.9 Å². The molecule has 6 N–H and O–H groups in total. The van der Waals surface area contributed by atoms with Crippen molar-refractivity contribution in [3.05, 3.63) is 36.0 Å². The van der Waals surface area contributed by atoms with Gasteiger partial charge in [-0.05, 0) is 39.5 Å². The van der Waals surface area contributed by atoms with Crippen molar-refractivity contribution >= 4 is 11.8 Å². The van der Waals surface area contributed by atoms with E-state index in [2.05, 4.69) is 23.7 Å². The van der Waals surface area contributed by atoms with Crippen LogP contribution in [0.3, 0.4) is 0 Å². The third-order valence-electron chi connectivity index (χ3n) is 7.15. The van der Waals surface area contributed by atoms with Gasteiger partial charge in [0.05, 0.1) is 43.5 Å². The molecular weight excluding hydrogens is 466 g/mol. The van der Waals surface area contributed by atoms with Crippen molar-refractivity contribution < 1.29 is 34.0 Å². The Morgan fingerprint density at radius 2 is 1.97 bits per heavy atom. The van der Waals surface area contributed by atoms with Crippen molar-refractivity contribution in [3.8, 4) is 0 Å². The standard InChI is InChI=1S/C26H41N3O7/c1-15(6-9-22-25(33)26(14-34-26)13-19(36-22)12-24(32)29-27)5-8-21-16(2)11-20(18(4)35-21)28-23(31)10-7-17(3)30/h5-7,9-10,16-22,25,30,33H,8,11-14,27H2,1-4H3,(H,28,31)(H,29,32)/b9-6+,10-7-,15-5+/t16-,17-,18+,19+,20+,21-,22+,25+,26?/m0/s1. The predicted molar refractivity (Wildman–Crippen MR) is 133 cm³/mol. The topological polar surface area (TPSA) is 156 Å². The van der Waals surface area contributed by atoms with Gasteiger partial charge >= 0.3 is 0 Å². The van der Waals surface area contributed by atoms with Crippen molar-refractivity contribution in [2.24, 2.45) is 11.8 Å². The molecule has 3 heterocycles. The lowest BCUT2D eigenvalue weighted by Gasteiger charge is -2.39. The van der Waals surface area contributed by atoms with Crippen molar-refractivity contribution in [3.63, 3.8) is 0 Å². The second-order valence-electron chi connectivity index (χ2n) is 10.3. The molecule has 0 aromatic heterocycles. The molecule has 3 aliphatic heterocycles. The smallest absolute Gasteiger partial charge is 0.244 e. The van der Waals surface area contributed by atoms with Gasteiger partial charge in [-0.3, -0.25) is 15.0 Å². The van der Waals surface area contributed by atoms with Crippen LogP contribution in [0.2, 0.25) is 0 Å². The summed E-state index contributed by atoms with van der Waals surface area (Å²) in [6, 6.07) is -0.0939. The van der Waals surface area contributed by atoms with Gasteiger partial charge < -0.3 is 29.7 Å². The van der Waals surface area contributed by atoms with E-state index >= 15 is 0 Å². The SMILES string of the molecule is CC(/C=C/[C@H]1O[C@H](CC(=O)NN)CC2(CO2)[C@@H]1O)=C\C[C@@H]1O[C@H](C)[C@H](NC(=O)/C=C\[C@H](C)O)C[C@@H]1C. The number of amides is 2. The number of carbonyl (C=O) groups excluding carboxylic acids is 2. The van der Waals surface area contributed by atoms with E-state index in [1.54, 1.807) is 6.92 Å². The zero-order chi connectivity index (χ0) is 26.5. The number of carbonyl (C=O) groups is 2. The lowest BCUT2D eigenvalue weighted by molar-refractivity contribution is -0.145. The summed E-state index contributed by atoms with van der Waals surface area (Å²) in [5.74, 6) is 4.88. The summed E-state index contributed by atoms with van der Waals surface area (Å²) < 4.78 is 17.7. The van der Waals surface area contributed by atoms with Crippen LogP contribution in [-0.2, 0) is 23.8 Å². The molecule has 1 unspecified atom stereocenters. The van der Waals surface area contributed by atoms with Gasteiger partial charge in [0.1, 0.15) is 17.8 Å². The summed E-state index contributed by atoms with van der Waals surface area (Å²) >= 11 is 0. The Kier molecular flexibility index (Phi) is 9.85. The maximum atomic E-state index is 12.1. The van der Waals surface area contributed by atoms with Crippen molar-refractivity contribution in [1.82, 2.24) is 10.7 Å². The Hall–Kier alpha value is -2.08. The zero-order valence-corrected chi connectivity index (χ0v) is 21.6. The first-order valence-corrected chi connectivity index (χ1v) is 12.7. The monoisotopic (exact) mass is 507 g/mol. The number of hydrazine groups is 1. The van der Waals surface area contributed by atoms with Gasteiger partial charge in [0.25, 0.3) is 0 Å². The van der Waals surface area contributed by atoms with E-state index in [0.717, 1.165) is 12.0 Å². The number of nitrogens with one attached hydrogen (secondary N) is 2. The van der Waals surface area contributed by atoms with Crippen molar-refractivity contribution in [2.45, 2.75) is 102 Å². The Balaban J connectivity index is 1.52. The lowest BCUT2D eigenvalue weighted by atomic mass is 9.87. The molecule has 0 bridgehead atoms. The highest BCUT2D eigenvalue weighted by atomic mass is 16.6. The molecule has 0 aromatic carbocycles. The number of aliphatic hydroxyl groups is 2. The molecule has 0 radical (unpaired) electrons. The van der Waals surface area contributed by atoms with Gasteiger partial charge in [-0.25, -0.2) is 5.84 Å². The second kappa shape index (κ2) is 12.4. The normalized spacial score (nSPS) is 37.9. The molecular formula is C26H41N3O7. The molecule has 0 aromatic rings. The summed E-state index contributed by atoms with van der Waals surface area (Å²) in [5.41, 5.74) is 2.47. The molecule has 10 nitrogen and oxygen atoms in total. The van der Waals surface area contributed by atoms with E-state index in [-0.39, 0.29) is 48.5 Å². The average molecular weight is 508 g/mol. The van der Waals surface area contributed by atoms with Crippen LogP contribution >= 0.6 is 0 Å². The molecule has 10 heteroatoms. The number of rotatable bonds is 9. The minimum absolute atomic E-state index is 0.0170. The predicted octanol–water partition coefficient (Wildman–Crippen LogP) is 0.782. The van der Waals surface area contributed by atoms with Gasteiger partial charge in [-0.15, -0.1) is 0 Å². The van der Waals surface area contributed by atoms with Crippen LogP contribution in [0.4, 0.5) is 0 Å². The Labute approximate surface area is 212 Å². The van der Waals surface area contributed by atoms with Crippen molar-refractivity contribution in [1.29, 1.82) is 0 Å². The number of ether oxygens (including phenoxy) is 3. The molecule has 9 atom stereocenters. The second-order valence-corrected chi connectivity index (χ2v) is 10.3. The van der Waals surface area contributed by atoms with Crippen LogP contribution < -0.4 is 16.6 Å². The fraction of sp³-hybridized carbons (Fsp3) is 0.692.